The molecule has 9 heteroatoms. The molecular formula is C22H21ClN2O4S2. The van der Waals surface area contributed by atoms with E-state index < -0.39 is 9.84 Å². The molecule has 0 saturated heterocycles. The van der Waals surface area contributed by atoms with Crippen molar-refractivity contribution >= 4 is 49.6 Å². The van der Waals surface area contributed by atoms with Crippen molar-refractivity contribution in [3.63, 3.8) is 0 Å². The van der Waals surface area contributed by atoms with Crippen molar-refractivity contribution in [1.29, 1.82) is 0 Å². The lowest BCUT2D eigenvalue weighted by Crippen LogP contribution is -2.25. The first-order valence-electron chi connectivity index (χ1n) is 9.50. The highest BCUT2D eigenvalue weighted by Gasteiger charge is 2.17. The highest BCUT2D eigenvalue weighted by atomic mass is 35.5. The number of carbonyl (C=O) groups excluding carboxylic acids is 2. The molecule has 0 aliphatic carbocycles. The van der Waals surface area contributed by atoms with Gasteiger partial charge in [-0.05, 0) is 49.2 Å². The van der Waals surface area contributed by atoms with E-state index in [1.807, 2.05) is 0 Å². The van der Waals surface area contributed by atoms with E-state index in [1.54, 1.807) is 67.6 Å². The van der Waals surface area contributed by atoms with Crippen LogP contribution >= 0.6 is 22.9 Å². The van der Waals surface area contributed by atoms with E-state index in [1.165, 1.54) is 0 Å². The Hall–Kier alpha value is -2.68. The predicted molar refractivity (Wildman–Crippen MR) is 124 cm³/mol. The first kappa shape index (κ1) is 23.0. The smallest absolute Gasteiger partial charge is 0.261 e. The second-order valence-corrected chi connectivity index (χ2v) is 10.4. The molecule has 0 unspecified atom stereocenters. The molecule has 1 heterocycles. The predicted octanol–water partition coefficient (Wildman–Crippen LogP) is 4.56. The third-order valence-corrected chi connectivity index (χ3v) is 7.75. The number of carbonyl (C=O) groups is 2. The number of nitrogens with one attached hydrogen (secondary N) is 2. The molecule has 0 aliphatic heterocycles. The van der Waals surface area contributed by atoms with Gasteiger partial charge in [-0.15, -0.1) is 11.3 Å². The Kier molecular flexibility index (Phi) is 7.48. The second-order valence-electron chi connectivity index (χ2n) is 6.80. The lowest BCUT2D eigenvalue weighted by atomic mass is 10.2. The Bertz CT molecular complexity index is 1190. The molecule has 3 aromatic rings. The van der Waals surface area contributed by atoms with Crippen molar-refractivity contribution in [3.8, 4) is 0 Å². The largest absolute Gasteiger partial charge is 0.351 e. The summed E-state index contributed by atoms with van der Waals surface area (Å²) in [6.07, 6.45) is 0.295. The number of rotatable bonds is 8. The quantitative estimate of drug-likeness (QED) is 0.466. The van der Waals surface area contributed by atoms with Crippen LogP contribution < -0.4 is 10.6 Å². The molecule has 0 fully saturated rings. The average Bonchev–Trinajstić information content (AvgIpc) is 3.12. The van der Waals surface area contributed by atoms with E-state index in [9.17, 15) is 18.0 Å². The maximum atomic E-state index is 12.5. The zero-order chi connectivity index (χ0) is 22.4. The zero-order valence-electron chi connectivity index (χ0n) is 16.7. The topological polar surface area (TPSA) is 92.3 Å². The number of benzene rings is 2. The van der Waals surface area contributed by atoms with Gasteiger partial charge in [0.15, 0.2) is 9.84 Å². The van der Waals surface area contributed by atoms with Crippen molar-refractivity contribution < 1.29 is 18.0 Å². The first-order valence-corrected chi connectivity index (χ1v) is 12.3. The summed E-state index contributed by atoms with van der Waals surface area (Å²) in [5, 5.41) is 6.37. The van der Waals surface area contributed by atoms with Gasteiger partial charge in [-0.2, -0.15) is 0 Å². The summed E-state index contributed by atoms with van der Waals surface area (Å²) in [5.41, 5.74) is 1.06. The Balaban J connectivity index is 1.55. The summed E-state index contributed by atoms with van der Waals surface area (Å²) >= 11 is 7.20. The van der Waals surface area contributed by atoms with Crippen LogP contribution in [0.2, 0.25) is 5.02 Å². The standard InChI is InChI=1S/C22H21ClN2O4S2/c1-15-14-19(25-21(26)17-10-5-6-11-18(17)23)30-20(15)22(27)24-12-7-13-31(28,29)16-8-3-2-4-9-16/h2-6,8-11,14H,7,12-13H2,1H3,(H,24,27)(H,25,26). The van der Waals surface area contributed by atoms with Crippen LogP contribution in [-0.2, 0) is 9.84 Å². The maximum Gasteiger partial charge on any atom is 0.261 e. The van der Waals surface area contributed by atoms with Crippen molar-refractivity contribution in [1.82, 2.24) is 5.32 Å². The summed E-state index contributed by atoms with van der Waals surface area (Å²) in [6, 6.07) is 16.7. The number of hydrogen-bond acceptors (Lipinski definition) is 5. The van der Waals surface area contributed by atoms with Gasteiger partial charge in [0.25, 0.3) is 11.8 Å². The molecule has 2 N–H and O–H groups in total. The molecule has 3 rings (SSSR count). The van der Waals surface area contributed by atoms with Crippen LogP contribution in [0.15, 0.2) is 65.6 Å². The van der Waals surface area contributed by atoms with Gasteiger partial charge in [0.05, 0.1) is 31.1 Å². The Morgan fingerprint density at radius 3 is 2.39 bits per heavy atom. The highest BCUT2D eigenvalue weighted by Crippen LogP contribution is 2.27. The fourth-order valence-corrected chi connectivity index (χ4v) is 5.42. The van der Waals surface area contributed by atoms with E-state index in [0.717, 1.165) is 11.3 Å². The summed E-state index contributed by atoms with van der Waals surface area (Å²) in [6.45, 7) is 2.00. The van der Waals surface area contributed by atoms with Crippen LogP contribution in [0.3, 0.4) is 0 Å². The van der Waals surface area contributed by atoms with Gasteiger partial charge in [-0.3, -0.25) is 9.59 Å². The molecule has 0 atom stereocenters. The fourth-order valence-electron chi connectivity index (χ4n) is 2.88. The van der Waals surface area contributed by atoms with Gasteiger partial charge in [0.1, 0.15) is 0 Å². The number of hydrogen-bond donors (Lipinski definition) is 2. The van der Waals surface area contributed by atoms with Gasteiger partial charge in [-0.25, -0.2) is 8.42 Å². The molecule has 162 valence electrons. The third kappa shape index (κ3) is 5.94. The molecule has 0 saturated carbocycles. The Labute approximate surface area is 190 Å². The number of halogens is 1. The van der Waals surface area contributed by atoms with E-state index >= 15 is 0 Å². The molecular weight excluding hydrogens is 456 g/mol. The Morgan fingerprint density at radius 2 is 1.68 bits per heavy atom. The minimum absolute atomic E-state index is 0.0557. The molecule has 0 aliphatic rings. The minimum atomic E-state index is -3.38. The van der Waals surface area contributed by atoms with E-state index in [2.05, 4.69) is 10.6 Å². The fraction of sp³-hybridized carbons (Fsp3) is 0.182. The van der Waals surface area contributed by atoms with Crippen LogP contribution in [0.1, 0.15) is 32.0 Å². The SMILES string of the molecule is Cc1cc(NC(=O)c2ccccc2Cl)sc1C(=O)NCCCS(=O)(=O)c1ccccc1. The van der Waals surface area contributed by atoms with Gasteiger partial charge in [-0.1, -0.05) is 41.9 Å². The highest BCUT2D eigenvalue weighted by molar-refractivity contribution is 7.91. The van der Waals surface area contributed by atoms with Gasteiger partial charge in [0.2, 0.25) is 0 Å². The number of anilines is 1. The van der Waals surface area contributed by atoms with Crippen molar-refractivity contribution in [2.24, 2.45) is 0 Å². The van der Waals surface area contributed by atoms with Crippen LogP contribution in [0.5, 0.6) is 0 Å². The monoisotopic (exact) mass is 476 g/mol. The van der Waals surface area contributed by atoms with Crippen molar-refractivity contribution in [2.75, 3.05) is 17.6 Å². The summed E-state index contributed by atoms with van der Waals surface area (Å²) in [7, 11) is -3.38. The first-order chi connectivity index (χ1) is 14.8. The van der Waals surface area contributed by atoms with Gasteiger partial charge >= 0.3 is 0 Å². The minimum Gasteiger partial charge on any atom is -0.351 e. The Morgan fingerprint density at radius 1 is 1.00 bits per heavy atom. The number of amides is 2. The van der Waals surface area contributed by atoms with E-state index in [4.69, 9.17) is 11.6 Å². The lowest BCUT2D eigenvalue weighted by molar-refractivity contribution is 0.0956. The van der Waals surface area contributed by atoms with Gasteiger partial charge < -0.3 is 10.6 Å². The second kappa shape index (κ2) is 10.1. The molecule has 0 radical (unpaired) electrons. The van der Waals surface area contributed by atoms with Crippen LogP contribution in [0, 0.1) is 6.92 Å². The summed E-state index contributed by atoms with van der Waals surface area (Å²) in [5.74, 6) is -0.720. The van der Waals surface area contributed by atoms with Crippen molar-refractivity contribution in [3.05, 3.63) is 81.7 Å². The normalized spacial score (nSPS) is 11.2. The molecule has 0 spiro atoms. The molecule has 2 aromatic carbocycles. The molecule has 0 bridgehead atoms. The van der Waals surface area contributed by atoms with E-state index in [-0.39, 0.29) is 29.0 Å². The van der Waals surface area contributed by atoms with Gasteiger partial charge in [0, 0.05) is 6.54 Å². The number of sulfone groups is 1. The zero-order valence-corrected chi connectivity index (χ0v) is 19.1. The maximum absolute atomic E-state index is 12.5. The van der Waals surface area contributed by atoms with Crippen LogP contribution in [0.25, 0.3) is 0 Å². The van der Waals surface area contributed by atoms with Crippen molar-refractivity contribution in [2.45, 2.75) is 18.2 Å². The lowest BCUT2D eigenvalue weighted by Gasteiger charge is -2.06. The van der Waals surface area contributed by atoms with Crippen LogP contribution in [0.4, 0.5) is 5.00 Å². The summed E-state index contributed by atoms with van der Waals surface area (Å²) in [4.78, 5) is 25.6. The number of aryl methyl sites for hydroxylation is 1. The third-order valence-electron chi connectivity index (χ3n) is 4.46. The number of thiophene rings is 1. The van der Waals surface area contributed by atoms with E-state index in [0.29, 0.717) is 32.4 Å². The molecule has 2 amide bonds. The molecule has 31 heavy (non-hydrogen) atoms. The molecule has 1 aromatic heterocycles. The molecule has 6 nitrogen and oxygen atoms in total. The van der Waals surface area contributed by atoms with Crippen LogP contribution in [-0.4, -0.2) is 32.5 Å². The average molecular weight is 477 g/mol. The summed E-state index contributed by atoms with van der Waals surface area (Å²) < 4.78 is 24.6.